The van der Waals surface area contributed by atoms with E-state index in [1.165, 1.54) is 16.2 Å². The summed E-state index contributed by atoms with van der Waals surface area (Å²) >= 11 is 1.43. The number of anilines is 1. The van der Waals surface area contributed by atoms with Gasteiger partial charge < -0.3 is 9.80 Å². The van der Waals surface area contributed by atoms with Crippen LogP contribution >= 0.6 is 11.3 Å². The Kier molecular flexibility index (Phi) is 6.60. The van der Waals surface area contributed by atoms with Crippen LogP contribution in [0.25, 0.3) is 0 Å². The van der Waals surface area contributed by atoms with Crippen LogP contribution in [0.2, 0.25) is 0 Å². The number of unbranched alkanes of at least 4 members (excludes halogenated alkanes) is 1. The van der Waals surface area contributed by atoms with Crippen molar-refractivity contribution in [1.29, 1.82) is 0 Å². The molecule has 1 fully saturated rings. The largest absolute Gasteiger partial charge is 0.370 e. The van der Waals surface area contributed by atoms with Crippen LogP contribution < -0.4 is 4.90 Å². The van der Waals surface area contributed by atoms with E-state index >= 15 is 0 Å². The van der Waals surface area contributed by atoms with E-state index in [1.807, 2.05) is 36.4 Å². The third-order valence-electron chi connectivity index (χ3n) is 6.46. The molecule has 2 atom stereocenters. The maximum Gasteiger partial charge on any atom is 0.264 e. The fraction of sp³-hybridized carbons (Fsp3) is 0.500. The number of carbonyl (C=O) groups excluding carboxylic acids is 3. The van der Waals surface area contributed by atoms with Gasteiger partial charge in [-0.2, -0.15) is 0 Å². The number of rotatable bonds is 7. The first kappa shape index (κ1) is 22.5. The summed E-state index contributed by atoms with van der Waals surface area (Å²) in [5.74, 6) is -0.494. The number of aromatic nitrogens is 1. The first-order chi connectivity index (χ1) is 15.4. The van der Waals surface area contributed by atoms with Gasteiger partial charge in [0, 0.05) is 38.3 Å². The monoisotopic (exact) mass is 454 g/mol. The molecule has 2 aromatic rings. The van der Waals surface area contributed by atoms with Crippen LogP contribution in [0, 0.1) is 5.92 Å². The molecule has 1 aromatic carbocycles. The highest BCUT2D eigenvalue weighted by Crippen LogP contribution is 2.38. The van der Waals surface area contributed by atoms with Crippen molar-refractivity contribution in [2.24, 2.45) is 5.92 Å². The molecular weight excluding hydrogens is 424 g/mol. The van der Waals surface area contributed by atoms with Crippen molar-refractivity contribution in [1.82, 2.24) is 14.8 Å². The van der Waals surface area contributed by atoms with Gasteiger partial charge in [0.2, 0.25) is 5.91 Å². The van der Waals surface area contributed by atoms with Crippen molar-refractivity contribution in [3.8, 4) is 0 Å². The molecule has 0 N–H and O–H groups in total. The predicted octanol–water partition coefficient (Wildman–Crippen LogP) is 3.98. The third kappa shape index (κ3) is 4.03. The van der Waals surface area contributed by atoms with Gasteiger partial charge in [-0.1, -0.05) is 19.4 Å². The van der Waals surface area contributed by atoms with E-state index in [0.717, 1.165) is 49.5 Å². The molecule has 32 heavy (non-hydrogen) atoms. The van der Waals surface area contributed by atoms with Gasteiger partial charge in [-0.05, 0) is 38.3 Å². The standard InChI is InChI=1S/C24H30N4O3S/c1-4-5-12-26(3)22(29)17-8-7-13-27(15-17)19-10-6-9-18-20(19)24(31)28(23(18)30)16(2)21-25-11-14-32-21/h6,9-11,14,16-17H,4-5,7-8,12-13,15H2,1-3H3/t16-,17+/m1/s1. The Balaban J connectivity index is 1.58. The molecule has 170 valence electrons. The van der Waals surface area contributed by atoms with Crippen LogP contribution in [0.1, 0.15) is 71.3 Å². The minimum atomic E-state index is -0.418. The van der Waals surface area contributed by atoms with Crippen LogP contribution in [0.3, 0.4) is 0 Å². The zero-order chi connectivity index (χ0) is 22.8. The smallest absolute Gasteiger partial charge is 0.264 e. The van der Waals surface area contributed by atoms with Crippen LogP contribution in [-0.4, -0.2) is 59.2 Å². The van der Waals surface area contributed by atoms with Crippen LogP contribution in [0.15, 0.2) is 29.8 Å². The Bertz CT molecular complexity index is 1010. The van der Waals surface area contributed by atoms with Crippen LogP contribution in [0.5, 0.6) is 0 Å². The number of imide groups is 1. The van der Waals surface area contributed by atoms with Gasteiger partial charge in [0.1, 0.15) is 5.01 Å². The van der Waals surface area contributed by atoms with Gasteiger partial charge in [-0.15, -0.1) is 11.3 Å². The molecule has 1 saturated heterocycles. The Hall–Kier alpha value is -2.74. The molecule has 0 spiro atoms. The number of hydrogen-bond acceptors (Lipinski definition) is 6. The van der Waals surface area contributed by atoms with Crippen molar-refractivity contribution in [2.75, 3.05) is 31.6 Å². The van der Waals surface area contributed by atoms with Gasteiger partial charge in [0.05, 0.1) is 28.8 Å². The molecule has 3 amide bonds. The number of carbonyl (C=O) groups is 3. The zero-order valence-corrected chi connectivity index (χ0v) is 19.7. The van der Waals surface area contributed by atoms with E-state index in [0.29, 0.717) is 17.7 Å². The molecule has 4 rings (SSSR count). The van der Waals surface area contributed by atoms with Gasteiger partial charge in [0.15, 0.2) is 0 Å². The van der Waals surface area contributed by atoms with Crippen molar-refractivity contribution >= 4 is 34.7 Å². The second-order valence-electron chi connectivity index (χ2n) is 8.62. The second kappa shape index (κ2) is 9.40. The Morgan fingerprint density at radius 1 is 1.31 bits per heavy atom. The summed E-state index contributed by atoms with van der Waals surface area (Å²) in [7, 11) is 1.87. The average molecular weight is 455 g/mol. The van der Waals surface area contributed by atoms with Gasteiger partial charge in [0.25, 0.3) is 11.8 Å². The number of thiazole rings is 1. The summed E-state index contributed by atoms with van der Waals surface area (Å²) in [6.45, 7) is 6.05. The summed E-state index contributed by atoms with van der Waals surface area (Å²) in [6, 6.07) is 5.03. The van der Waals surface area contributed by atoms with Gasteiger partial charge >= 0.3 is 0 Å². The zero-order valence-electron chi connectivity index (χ0n) is 18.9. The molecule has 8 heteroatoms. The fourth-order valence-corrected chi connectivity index (χ4v) is 5.35. The van der Waals surface area contributed by atoms with Crippen molar-refractivity contribution in [3.63, 3.8) is 0 Å². The molecule has 3 heterocycles. The lowest BCUT2D eigenvalue weighted by Crippen LogP contribution is -2.44. The minimum absolute atomic E-state index is 0.0981. The van der Waals surface area contributed by atoms with E-state index in [1.54, 1.807) is 12.3 Å². The molecule has 0 saturated carbocycles. The van der Waals surface area contributed by atoms with Crippen molar-refractivity contribution in [3.05, 3.63) is 45.9 Å². The summed E-state index contributed by atoms with van der Waals surface area (Å²) in [4.78, 5) is 49.1. The first-order valence-corrected chi connectivity index (χ1v) is 12.2. The highest BCUT2D eigenvalue weighted by Gasteiger charge is 2.42. The summed E-state index contributed by atoms with van der Waals surface area (Å²) in [6.07, 6.45) is 5.46. The van der Waals surface area contributed by atoms with Crippen LogP contribution in [0.4, 0.5) is 5.69 Å². The molecule has 7 nitrogen and oxygen atoms in total. The number of fused-ring (bicyclic) bond motifs is 1. The van der Waals surface area contributed by atoms with Crippen molar-refractivity contribution in [2.45, 2.75) is 45.6 Å². The molecule has 0 radical (unpaired) electrons. The topological polar surface area (TPSA) is 73.8 Å². The molecule has 1 aromatic heterocycles. The lowest BCUT2D eigenvalue weighted by Gasteiger charge is -2.36. The van der Waals surface area contributed by atoms with Gasteiger partial charge in [-0.3, -0.25) is 19.3 Å². The first-order valence-electron chi connectivity index (χ1n) is 11.3. The highest BCUT2D eigenvalue weighted by atomic mass is 32.1. The minimum Gasteiger partial charge on any atom is -0.370 e. The number of piperidine rings is 1. The average Bonchev–Trinajstić information content (AvgIpc) is 3.44. The maximum absolute atomic E-state index is 13.4. The predicted molar refractivity (Wildman–Crippen MR) is 125 cm³/mol. The summed E-state index contributed by atoms with van der Waals surface area (Å²) in [5, 5.41) is 2.58. The van der Waals surface area contributed by atoms with Crippen molar-refractivity contribution < 1.29 is 14.4 Å². The molecule has 0 bridgehead atoms. The lowest BCUT2D eigenvalue weighted by atomic mass is 9.95. The van der Waals surface area contributed by atoms with E-state index in [2.05, 4.69) is 16.8 Å². The summed E-state index contributed by atoms with van der Waals surface area (Å²) in [5.41, 5.74) is 1.64. The quantitative estimate of drug-likeness (QED) is 0.592. The summed E-state index contributed by atoms with van der Waals surface area (Å²) < 4.78 is 0. The SMILES string of the molecule is CCCCN(C)C(=O)[C@H]1CCCN(c2cccc3c2C(=O)N([C@H](C)c2nccs2)C3=O)C1. The Morgan fingerprint density at radius 3 is 2.84 bits per heavy atom. The number of nitrogens with zero attached hydrogens (tertiary/aromatic N) is 4. The highest BCUT2D eigenvalue weighted by molar-refractivity contribution is 7.09. The van der Waals surface area contributed by atoms with E-state index < -0.39 is 6.04 Å². The fourth-order valence-electron chi connectivity index (χ4n) is 4.67. The number of hydrogen-bond donors (Lipinski definition) is 0. The van der Waals surface area contributed by atoms with Crippen LogP contribution in [-0.2, 0) is 4.79 Å². The molecule has 0 aliphatic carbocycles. The Morgan fingerprint density at radius 2 is 2.12 bits per heavy atom. The molecule has 0 unspecified atom stereocenters. The van der Waals surface area contributed by atoms with E-state index in [4.69, 9.17) is 0 Å². The maximum atomic E-state index is 13.4. The van der Waals surface area contributed by atoms with E-state index in [-0.39, 0.29) is 23.6 Å². The molecular formula is C24H30N4O3S. The molecule has 2 aliphatic rings. The Labute approximate surface area is 193 Å². The van der Waals surface area contributed by atoms with E-state index in [9.17, 15) is 14.4 Å². The molecule has 2 aliphatic heterocycles. The normalized spacial score (nSPS) is 19.3. The number of benzene rings is 1. The second-order valence-corrected chi connectivity index (χ2v) is 9.55. The van der Waals surface area contributed by atoms with Gasteiger partial charge in [-0.25, -0.2) is 4.98 Å². The number of amides is 3. The lowest BCUT2D eigenvalue weighted by molar-refractivity contribution is -0.134. The third-order valence-corrected chi connectivity index (χ3v) is 7.40.